The highest BCUT2D eigenvalue weighted by molar-refractivity contribution is 5.66. The number of aliphatic hydroxyl groups excluding tert-OH is 1. The third-order valence-corrected chi connectivity index (χ3v) is 2.84. The van der Waals surface area contributed by atoms with Gasteiger partial charge in [-0.2, -0.15) is 0 Å². The Bertz CT molecular complexity index is 353. The van der Waals surface area contributed by atoms with Crippen molar-refractivity contribution in [1.29, 1.82) is 0 Å². The van der Waals surface area contributed by atoms with E-state index in [1.165, 1.54) is 5.69 Å². The zero-order valence-corrected chi connectivity index (χ0v) is 9.35. The van der Waals surface area contributed by atoms with Crippen LogP contribution in [0.4, 0.5) is 5.69 Å². The number of nitrogens with zero attached hydrogens (tertiary/aromatic N) is 1. The van der Waals surface area contributed by atoms with E-state index in [2.05, 4.69) is 23.6 Å². The molecule has 2 rings (SSSR count). The summed E-state index contributed by atoms with van der Waals surface area (Å²) in [6.45, 7) is 7.30. The largest absolute Gasteiger partial charge is 0.392 e. The molecule has 1 saturated heterocycles. The molecule has 3 heteroatoms. The smallest absolute Gasteiger partial charge is 0.0681 e. The second-order valence-corrected chi connectivity index (χ2v) is 3.91. The van der Waals surface area contributed by atoms with Gasteiger partial charge < -0.3 is 14.7 Å². The Morgan fingerprint density at radius 2 is 1.88 bits per heavy atom. The first kappa shape index (κ1) is 11.2. The fraction of sp³-hybridized carbons (Fsp3) is 0.385. The molecule has 0 bridgehead atoms. The molecule has 1 aliphatic heterocycles. The van der Waals surface area contributed by atoms with E-state index >= 15 is 0 Å². The maximum atomic E-state index is 8.98. The van der Waals surface area contributed by atoms with Gasteiger partial charge in [0.1, 0.15) is 0 Å². The average molecular weight is 219 g/mol. The number of hydrogen-bond donors (Lipinski definition) is 1. The van der Waals surface area contributed by atoms with Crippen LogP contribution in [-0.2, 0) is 4.74 Å². The molecule has 1 fully saturated rings. The maximum absolute atomic E-state index is 8.98. The summed E-state index contributed by atoms with van der Waals surface area (Å²) in [4.78, 5) is 2.30. The predicted octanol–water partition coefficient (Wildman–Crippen LogP) is 1.53. The molecule has 0 saturated carbocycles. The molecule has 1 aromatic carbocycles. The van der Waals surface area contributed by atoms with Gasteiger partial charge in [-0.25, -0.2) is 0 Å². The van der Waals surface area contributed by atoms with Crippen molar-refractivity contribution in [3.05, 3.63) is 36.4 Å². The Morgan fingerprint density at radius 1 is 1.25 bits per heavy atom. The van der Waals surface area contributed by atoms with Gasteiger partial charge in [-0.05, 0) is 23.3 Å². The summed E-state index contributed by atoms with van der Waals surface area (Å²) in [6.07, 6.45) is 0. The van der Waals surface area contributed by atoms with Crippen molar-refractivity contribution in [1.82, 2.24) is 0 Å². The Kier molecular flexibility index (Phi) is 3.59. The quantitative estimate of drug-likeness (QED) is 0.836. The number of benzene rings is 1. The van der Waals surface area contributed by atoms with Crippen molar-refractivity contribution in [2.24, 2.45) is 0 Å². The lowest BCUT2D eigenvalue weighted by molar-refractivity contribution is 0.122. The average Bonchev–Trinajstić information content (AvgIpc) is 2.39. The number of ether oxygens (including phenoxy) is 1. The standard InChI is InChI=1S/C13H17NO2/c1-11(10-15)12-2-4-13(5-3-12)14-6-8-16-9-7-14/h2-5,15H,1,6-10H2. The molecule has 16 heavy (non-hydrogen) atoms. The van der Waals surface area contributed by atoms with E-state index in [4.69, 9.17) is 9.84 Å². The number of aliphatic hydroxyl groups is 1. The molecule has 86 valence electrons. The molecule has 1 heterocycles. The fourth-order valence-corrected chi connectivity index (χ4v) is 1.82. The molecule has 0 atom stereocenters. The summed E-state index contributed by atoms with van der Waals surface area (Å²) >= 11 is 0. The van der Waals surface area contributed by atoms with Crippen molar-refractivity contribution in [2.75, 3.05) is 37.8 Å². The van der Waals surface area contributed by atoms with Gasteiger partial charge in [-0.3, -0.25) is 0 Å². The van der Waals surface area contributed by atoms with Gasteiger partial charge in [-0.15, -0.1) is 0 Å². The van der Waals surface area contributed by atoms with E-state index in [1.807, 2.05) is 12.1 Å². The van der Waals surface area contributed by atoms with Crippen LogP contribution in [0.25, 0.3) is 5.57 Å². The zero-order valence-electron chi connectivity index (χ0n) is 9.35. The summed E-state index contributed by atoms with van der Waals surface area (Å²) < 4.78 is 5.31. The Labute approximate surface area is 96.0 Å². The predicted molar refractivity (Wildman–Crippen MR) is 65.6 cm³/mol. The number of anilines is 1. The highest BCUT2D eigenvalue weighted by Gasteiger charge is 2.10. The number of hydrogen-bond acceptors (Lipinski definition) is 3. The molecular formula is C13H17NO2. The molecular weight excluding hydrogens is 202 g/mol. The van der Waals surface area contributed by atoms with E-state index < -0.39 is 0 Å². The fourth-order valence-electron chi connectivity index (χ4n) is 1.82. The summed E-state index contributed by atoms with van der Waals surface area (Å²) in [5, 5.41) is 8.98. The summed E-state index contributed by atoms with van der Waals surface area (Å²) in [6, 6.07) is 8.15. The van der Waals surface area contributed by atoms with Crippen LogP contribution in [0.1, 0.15) is 5.56 Å². The van der Waals surface area contributed by atoms with Gasteiger partial charge in [0.15, 0.2) is 0 Å². The lowest BCUT2D eigenvalue weighted by atomic mass is 10.1. The third-order valence-electron chi connectivity index (χ3n) is 2.84. The van der Waals surface area contributed by atoms with Crippen LogP contribution in [0, 0.1) is 0 Å². The molecule has 0 aromatic heterocycles. The minimum Gasteiger partial charge on any atom is -0.392 e. The number of morpholine rings is 1. The molecule has 1 aromatic rings. The Hall–Kier alpha value is -1.32. The molecule has 1 N–H and O–H groups in total. The Morgan fingerprint density at radius 3 is 2.44 bits per heavy atom. The molecule has 3 nitrogen and oxygen atoms in total. The van der Waals surface area contributed by atoms with Crippen molar-refractivity contribution < 1.29 is 9.84 Å². The van der Waals surface area contributed by atoms with E-state index in [0.29, 0.717) is 0 Å². The molecule has 0 spiro atoms. The molecule has 0 unspecified atom stereocenters. The lowest BCUT2D eigenvalue weighted by Gasteiger charge is -2.28. The molecule has 0 aliphatic carbocycles. The van der Waals surface area contributed by atoms with Crippen molar-refractivity contribution >= 4 is 11.3 Å². The SMILES string of the molecule is C=C(CO)c1ccc(N2CCOCC2)cc1. The van der Waals surface area contributed by atoms with Crippen LogP contribution in [0.5, 0.6) is 0 Å². The topological polar surface area (TPSA) is 32.7 Å². The van der Waals surface area contributed by atoms with Crippen molar-refractivity contribution in [3.8, 4) is 0 Å². The van der Waals surface area contributed by atoms with Crippen LogP contribution < -0.4 is 4.90 Å². The molecule has 1 aliphatic rings. The third kappa shape index (κ3) is 2.43. The second-order valence-electron chi connectivity index (χ2n) is 3.91. The van der Waals surface area contributed by atoms with Gasteiger partial charge in [-0.1, -0.05) is 18.7 Å². The van der Waals surface area contributed by atoms with Gasteiger partial charge in [0, 0.05) is 18.8 Å². The monoisotopic (exact) mass is 219 g/mol. The zero-order chi connectivity index (χ0) is 11.4. The first-order chi connectivity index (χ1) is 7.81. The second kappa shape index (κ2) is 5.14. The van der Waals surface area contributed by atoms with Gasteiger partial charge in [0.25, 0.3) is 0 Å². The lowest BCUT2D eigenvalue weighted by Crippen LogP contribution is -2.36. The minimum absolute atomic E-state index is 0.0108. The van der Waals surface area contributed by atoms with Crippen molar-refractivity contribution in [2.45, 2.75) is 0 Å². The van der Waals surface area contributed by atoms with E-state index in [9.17, 15) is 0 Å². The van der Waals surface area contributed by atoms with Crippen LogP contribution in [-0.4, -0.2) is 38.0 Å². The first-order valence-corrected chi connectivity index (χ1v) is 5.53. The van der Waals surface area contributed by atoms with Crippen LogP contribution in [0.15, 0.2) is 30.8 Å². The van der Waals surface area contributed by atoms with Crippen LogP contribution in [0.2, 0.25) is 0 Å². The van der Waals surface area contributed by atoms with Crippen LogP contribution >= 0.6 is 0 Å². The Balaban J connectivity index is 2.09. The van der Waals surface area contributed by atoms with Gasteiger partial charge in [0.05, 0.1) is 19.8 Å². The molecule has 0 radical (unpaired) electrons. The van der Waals surface area contributed by atoms with Crippen molar-refractivity contribution in [3.63, 3.8) is 0 Å². The van der Waals surface area contributed by atoms with Crippen LogP contribution in [0.3, 0.4) is 0 Å². The highest BCUT2D eigenvalue weighted by atomic mass is 16.5. The minimum atomic E-state index is 0.0108. The highest BCUT2D eigenvalue weighted by Crippen LogP contribution is 2.19. The summed E-state index contributed by atoms with van der Waals surface area (Å²) in [5.74, 6) is 0. The van der Waals surface area contributed by atoms with Gasteiger partial charge >= 0.3 is 0 Å². The molecule has 0 amide bonds. The van der Waals surface area contributed by atoms with E-state index in [1.54, 1.807) is 0 Å². The number of rotatable bonds is 3. The first-order valence-electron chi connectivity index (χ1n) is 5.53. The van der Waals surface area contributed by atoms with E-state index in [-0.39, 0.29) is 6.61 Å². The van der Waals surface area contributed by atoms with Gasteiger partial charge in [0.2, 0.25) is 0 Å². The maximum Gasteiger partial charge on any atom is 0.0681 e. The van der Waals surface area contributed by atoms with E-state index in [0.717, 1.165) is 37.4 Å². The summed E-state index contributed by atoms with van der Waals surface area (Å²) in [5.41, 5.74) is 2.96. The normalized spacial score (nSPS) is 16.2. The summed E-state index contributed by atoms with van der Waals surface area (Å²) in [7, 11) is 0.